The van der Waals surface area contributed by atoms with Crippen LogP contribution in [-0.4, -0.2) is 4.98 Å². The van der Waals surface area contributed by atoms with E-state index in [9.17, 15) is 0 Å². The Bertz CT molecular complexity index is 470. The molecule has 0 bridgehead atoms. The molecule has 0 radical (unpaired) electrons. The van der Waals surface area contributed by atoms with Gasteiger partial charge < -0.3 is 0 Å². The average molecular weight is 309 g/mol. The van der Waals surface area contributed by atoms with Crippen LogP contribution in [0.5, 0.6) is 0 Å². The van der Waals surface area contributed by atoms with Crippen molar-refractivity contribution in [3.8, 4) is 10.6 Å². The van der Waals surface area contributed by atoms with E-state index in [0.717, 1.165) is 15.2 Å². The molecule has 0 aliphatic heterocycles. The maximum absolute atomic E-state index is 5.90. The van der Waals surface area contributed by atoms with Gasteiger partial charge in [-0.1, -0.05) is 29.3 Å². The Hall–Kier alpha value is -0.0900. The molecule has 0 saturated heterocycles. The number of thiazole rings is 1. The van der Waals surface area contributed by atoms with E-state index in [-0.39, 0.29) is 0 Å². The number of rotatable bonds is 1. The lowest BCUT2D eigenvalue weighted by Gasteiger charge is -1.98. The van der Waals surface area contributed by atoms with E-state index in [0.29, 0.717) is 10.0 Å². The van der Waals surface area contributed by atoms with Gasteiger partial charge >= 0.3 is 0 Å². The van der Waals surface area contributed by atoms with Crippen LogP contribution in [0, 0.1) is 0 Å². The lowest BCUT2D eigenvalue weighted by atomic mass is 10.2. The summed E-state index contributed by atoms with van der Waals surface area (Å²) in [6.07, 6.45) is 0. The third-order valence-corrected chi connectivity index (χ3v) is 3.98. The van der Waals surface area contributed by atoms with Gasteiger partial charge in [-0.25, -0.2) is 4.98 Å². The summed E-state index contributed by atoms with van der Waals surface area (Å²) in [6.45, 7) is 0. The van der Waals surface area contributed by atoms with E-state index in [1.165, 1.54) is 0 Å². The van der Waals surface area contributed by atoms with Crippen LogP contribution in [-0.2, 0) is 0 Å². The van der Waals surface area contributed by atoms with Gasteiger partial charge in [-0.2, -0.15) is 0 Å². The van der Waals surface area contributed by atoms with Crippen LogP contribution < -0.4 is 0 Å². The molecule has 2 rings (SSSR count). The number of hydrogen-bond donors (Lipinski definition) is 0. The molecule has 14 heavy (non-hydrogen) atoms. The van der Waals surface area contributed by atoms with Crippen molar-refractivity contribution in [3.63, 3.8) is 0 Å². The molecule has 0 aliphatic carbocycles. The zero-order chi connectivity index (χ0) is 10.1. The number of halogens is 3. The van der Waals surface area contributed by atoms with Crippen molar-refractivity contribution >= 4 is 50.5 Å². The van der Waals surface area contributed by atoms with Crippen molar-refractivity contribution in [1.82, 2.24) is 4.98 Å². The molecular weight excluding hydrogens is 305 g/mol. The summed E-state index contributed by atoms with van der Waals surface area (Å²) in [5.74, 6) is 0. The van der Waals surface area contributed by atoms with Gasteiger partial charge in [-0.3, -0.25) is 0 Å². The SMILES string of the molecule is Clc1ccc(-c2nc(Br)cs2)cc1Cl. The molecule has 72 valence electrons. The molecule has 1 heterocycles. The van der Waals surface area contributed by atoms with Crippen LogP contribution in [0.2, 0.25) is 10.0 Å². The van der Waals surface area contributed by atoms with Gasteiger partial charge in [-0.05, 0) is 28.1 Å². The third kappa shape index (κ3) is 2.11. The summed E-state index contributed by atoms with van der Waals surface area (Å²) >= 11 is 16.6. The highest BCUT2D eigenvalue weighted by Crippen LogP contribution is 2.31. The summed E-state index contributed by atoms with van der Waals surface area (Å²) in [7, 11) is 0. The molecule has 0 N–H and O–H groups in total. The van der Waals surface area contributed by atoms with E-state index < -0.39 is 0 Å². The van der Waals surface area contributed by atoms with Crippen LogP contribution in [0.15, 0.2) is 28.2 Å². The summed E-state index contributed by atoms with van der Waals surface area (Å²) in [6, 6.07) is 5.49. The van der Waals surface area contributed by atoms with Crippen LogP contribution in [0.1, 0.15) is 0 Å². The molecule has 0 atom stereocenters. The van der Waals surface area contributed by atoms with Gasteiger partial charge in [0.05, 0.1) is 10.0 Å². The topological polar surface area (TPSA) is 12.9 Å². The highest BCUT2D eigenvalue weighted by molar-refractivity contribution is 9.10. The van der Waals surface area contributed by atoms with Crippen molar-refractivity contribution < 1.29 is 0 Å². The molecule has 0 aliphatic rings. The molecular formula is C9H4BrCl2NS. The van der Waals surface area contributed by atoms with Gasteiger partial charge in [-0.15, -0.1) is 11.3 Å². The standard InChI is InChI=1S/C9H4BrCl2NS/c10-8-4-14-9(13-8)5-1-2-6(11)7(12)3-5/h1-4H. The van der Waals surface area contributed by atoms with E-state index in [2.05, 4.69) is 20.9 Å². The van der Waals surface area contributed by atoms with Crippen molar-refractivity contribution in [3.05, 3.63) is 38.2 Å². The highest BCUT2D eigenvalue weighted by Gasteiger charge is 2.05. The molecule has 0 spiro atoms. The molecule has 1 aromatic heterocycles. The Labute approximate surface area is 104 Å². The van der Waals surface area contributed by atoms with Crippen molar-refractivity contribution in [1.29, 1.82) is 0 Å². The van der Waals surface area contributed by atoms with Crippen LogP contribution in [0.4, 0.5) is 0 Å². The van der Waals surface area contributed by atoms with Gasteiger partial charge in [0, 0.05) is 10.9 Å². The fraction of sp³-hybridized carbons (Fsp3) is 0. The fourth-order valence-corrected chi connectivity index (χ4v) is 2.56. The van der Waals surface area contributed by atoms with Crippen LogP contribution >= 0.6 is 50.5 Å². The Kier molecular flexibility index (Phi) is 3.12. The molecule has 0 fully saturated rings. The quantitative estimate of drug-likeness (QED) is 0.731. The Balaban J connectivity index is 2.47. The molecule has 0 amide bonds. The van der Waals surface area contributed by atoms with Crippen molar-refractivity contribution in [2.45, 2.75) is 0 Å². The summed E-state index contributed by atoms with van der Waals surface area (Å²) in [4.78, 5) is 4.29. The molecule has 0 saturated carbocycles. The smallest absolute Gasteiger partial charge is 0.124 e. The molecule has 1 aromatic carbocycles. The first-order valence-corrected chi connectivity index (χ1v) is 6.16. The van der Waals surface area contributed by atoms with E-state index in [1.807, 2.05) is 17.5 Å². The minimum absolute atomic E-state index is 0.551. The second kappa shape index (κ2) is 4.19. The molecule has 5 heteroatoms. The summed E-state index contributed by atoms with van der Waals surface area (Å²) in [5.41, 5.74) is 0.982. The Morgan fingerprint density at radius 2 is 2.00 bits per heavy atom. The van der Waals surface area contributed by atoms with E-state index in [1.54, 1.807) is 17.4 Å². The first-order valence-electron chi connectivity index (χ1n) is 3.73. The average Bonchev–Trinajstić information content (AvgIpc) is 2.57. The predicted molar refractivity (Wildman–Crippen MR) is 65.3 cm³/mol. The number of aromatic nitrogens is 1. The molecule has 0 unspecified atom stereocenters. The lowest BCUT2D eigenvalue weighted by molar-refractivity contribution is 1.36. The normalized spacial score (nSPS) is 10.5. The monoisotopic (exact) mass is 307 g/mol. The van der Waals surface area contributed by atoms with Crippen molar-refractivity contribution in [2.75, 3.05) is 0 Å². The first kappa shape index (κ1) is 10.4. The van der Waals surface area contributed by atoms with E-state index in [4.69, 9.17) is 23.2 Å². The minimum Gasteiger partial charge on any atom is -0.229 e. The largest absolute Gasteiger partial charge is 0.229 e. The highest BCUT2D eigenvalue weighted by atomic mass is 79.9. The number of nitrogens with zero attached hydrogens (tertiary/aromatic N) is 1. The number of benzene rings is 1. The zero-order valence-electron chi connectivity index (χ0n) is 6.80. The van der Waals surface area contributed by atoms with Gasteiger partial charge in [0.25, 0.3) is 0 Å². The predicted octanol–water partition coefficient (Wildman–Crippen LogP) is 4.88. The minimum atomic E-state index is 0.551. The lowest BCUT2D eigenvalue weighted by Crippen LogP contribution is -1.76. The van der Waals surface area contributed by atoms with Crippen LogP contribution in [0.25, 0.3) is 10.6 Å². The van der Waals surface area contributed by atoms with E-state index >= 15 is 0 Å². The van der Waals surface area contributed by atoms with Gasteiger partial charge in [0.2, 0.25) is 0 Å². The fourth-order valence-electron chi connectivity index (χ4n) is 1.02. The second-order valence-electron chi connectivity index (χ2n) is 2.60. The molecule has 1 nitrogen and oxygen atoms in total. The Morgan fingerprint density at radius 1 is 1.21 bits per heavy atom. The summed E-state index contributed by atoms with van der Waals surface area (Å²) < 4.78 is 0.837. The third-order valence-electron chi connectivity index (χ3n) is 1.64. The maximum atomic E-state index is 5.90. The zero-order valence-corrected chi connectivity index (χ0v) is 10.7. The second-order valence-corrected chi connectivity index (χ2v) is 5.09. The van der Waals surface area contributed by atoms with Crippen molar-refractivity contribution in [2.24, 2.45) is 0 Å². The first-order chi connectivity index (χ1) is 6.66. The Morgan fingerprint density at radius 3 is 2.57 bits per heavy atom. The van der Waals surface area contributed by atoms with Crippen LogP contribution in [0.3, 0.4) is 0 Å². The summed E-state index contributed by atoms with van der Waals surface area (Å²) in [5, 5.41) is 3.97. The van der Waals surface area contributed by atoms with Gasteiger partial charge in [0.15, 0.2) is 0 Å². The number of hydrogen-bond acceptors (Lipinski definition) is 2. The molecule has 2 aromatic rings. The maximum Gasteiger partial charge on any atom is 0.124 e. The van der Waals surface area contributed by atoms with Gasteiger partial charge in [0.1, 0.15) is 9.61 Å².